The Morgan fingerprint density at radius 1 is 1.00 bits per heavy atom. The van der Waals surface area contributed by atoms with Crippen LogP contribution in [0.3, 0.4) is 0 Å². The van der Waals surface area contributed by atoms with Gasteiger partial charge in [-0.3, -0.25) is 9.97 Å². The van der Waals surface area contributed by atoms with Gasteiger partial charge in [0.1, 0.15) is 0 Å². The van der Waals surface area contributed by atoms with Crippen molar-refractivity contribution >= 4 is 6.09 Å². The van der Waals surface area contributed by atoms with Crippen LogP contribution in [-0.2, 0) is 17.7 Å². The molecule has 0 saturated carbocycles. The van der Waals surface area contributed by atoms with Crippen LogP contribution in [0.25, 0.3) is 0 Å². The maximum absolute atomic E-state index is 11.4. The smallest absolute Gasteiger partial charge is 0.407 e. The number of nitrogens with one attached hydrogen (secondary N) is 1. The van der Waals surface area contributed by atoms with E-state index in [1.54, 1.807) is 24.8 Å². The van der Waals surface area contributed by atoms with E-state index in [0.717, 1.165) is 11.1 Å². The summed E-state index contributed by atoms with van der Waals surface area (Å²) in [4.78, 5) is 19.3. The molecule has 0 aliphatic heterocycles. The highest BCUT2D eigenvalue weighted by molar-refractivity contribution is 5.67. The summed E-state index contributed by atoms with van der Waals surface area (Å²) in [6.45, 7) is 0.794. The van der Waals surface area contributed by atoms with E-state index in [4.69, 9.17) is 4.74 Å². The molecular weight excluding hydrogens is 242 g/mol. The highest BCUT2D eigenvalue weighted by Crippen LogP contribution is 1.98. The number of amides is 1. The zero-order valence-electron chi connectivity index (χ0n) is 10.5. The lowest BCUT2D eigenvalue weighted by atomic mass is 10.2. The maximum atomic E-state index is 11.4. The fourth-order valence-electron chi connectivity index (χ4n) is 1.54. The van der Waals surface area contributed by atoms with Crippen LogP contribution in [-0.4, -0.2) is 22.7 Å². The van der Waals surface area contributed by atoms with Gasteiger partial charge in [0.15, 0.2) is 0 Å². The predicted octanol–water partition coefficient (Wildman–Crippen LogP) is 1.95. The topological polar surface area (TPSA) is 64.1 Å². The molecule has 5 nitrogen and oxygen atoms in total. The van der Waals surface area contributed by atoms with Crippen molar-refractivity contribution in [3.8, 4) is 0 Å². The molecule has 2 aromatic rings. The standard InChI is InChI=1S/C14H15N3O2/c18-14(17-11-13-3-8-16-9-4-13)19-10-5-12-1-6-15-7-2-12/h1-4,6-9H,5,10-11H2,(H,17,18). The molecule has 0 saturated heterocycles. The lowest BCUT2D eigenvalue weighted by Gasteiger charge is -2.06. The van der Waals surface area contributed by atoms with Crippen molar-refractivity contribution in [2.24, 2.45) is 0 Å². The van der Waals surface area contributed by atoms with Gasteiger partial charge in [-0.15, -0.1) is 0 Å². The molecule has 0 unspecified atom stereocenters. The van der Waals surface area contributed by atoms with Crippen molar-refractivity contribution in [3.05, 3.63) is 60.2 Å². The van der Waals surface area contributed by atoms with Gasteiger partial charge in [0.25, 0.3) is 0 Å². The van der Waals surface area contributed by atoms with Gasteiger partial charge in [0.05, 0.1) is 6.61 Å². The number of ether oxygens (including phenoxy) is 1. The van der Waals surface area contributed by atoms with E-state index in [9.17, 15) is 4.79 Å². The molecule has 0 aliphatic carbocycles. The molecule has 2 aromatic heterocycles. The van der Waals surface area contributed by atoms with Crippen molar-refractivity contribution in [1.29, 1.82) is 0 Å². The van der Waals surface area contributed by atoms with Crippen molar-refractivity contribution in [2.45, 2.75) is 13.0 Å². The van der Waals surface area contributed by atoms with Crippen LogP contribution in [0.15, 0.2) is 49.1 Å². The molecule has 1 amide bonds. The molecule has 98 valence electrons. The molecule has 0 fully saturated rings. The van der Waals surface area contributed by atoms with Gasteiger partial charge in [-0.05, 0) is 35.4 Å². The summed E-state index contributed by atoms with van der Waals surface area (Å²) in [5.41, 5.74) is 2.08. The number of hydrogen-bond donors (Lipinski definition) is 1. The van der Waals surface area contributed by atoms with E-state index in [1.165, 1.54) is 0 Å². The number of carbonyl (C=O) groups excluding carboxylic acids is 1. The maximum Gasteiger partial charge on any atom is 0.407 e. The number of aromatic nitrogens is 2. The molecule has 0 aliphatic rings. The van der Waals surface area contributed by atoms with Crippen LogP contribution in [0.2, 0.25) is 0 Å². The molecule has 0 atom stereocenters. The van der Waals surface area contributed by atoms with Gasteiger partial charge >= 0.3 is 6.09 Å². The number of carbonyl (C=O) groups is 1. The first-order valence-corrected chi connectivity index (χ1v) is 6.03. The fraction of sp³-hybridized carbons (Fsp3) is 0.214. The van der Waals surface area contributed by atoms with E-state index in [1.807, 2.05) is 24.3 Å². The molecule has 2 heterocycles. The third-order valence-electron chi connectivity index (χ3n) is 2.56. The molecule has 0 radical (unpaired) electrons. The zero-order valence-corrected chi connectivity index (χ0v) is 10.5. The summed E-state index contributed by atoms with van der Waals surface area (Å²) in [7, 11) is 0. The molecule has 19 heavy (non-hydrogen) atoms. The largest absolute Gasteiger partial charge is 0.449 e. The second-order valence-corrected chi connectivity index (χ2v) is 3.95. The molecule has 2 rings (SSSR count). The van der Waals surface area contributed by atoms with E-state index < -0.39 is 6.09 Å². The van der Waals surface area contributed by atoms with Gasteiger partial charge in [0.2, 0.25) is 0 Å². The molecule has 1 N–H and O–H groups in total. The second kappa shape index (κ2) is 7.10. The summed E-state index contributed by atoms with van der Waals surface area (Å²) in [6.07, 6.45) is 7.09. The van der Waals surface area contributed by atoms with Crippen molar-refractivity contribution < 1.29 is 9.53 Å². The quantitative estimate of drug-likeness (QED) is 0.889. The average molecular weight is 257 g/mol. The first-order chi connectivity index (χ1) is 9.34. The van der Waals surface area contributed by atoms with Crippen LogP contribution in [0, 0.1) is 0 Å². The van der Waals surface area contributed by atoms with Crippen molar-refractivity contribution in [2.75, 3.05) is 6.61 Å². The first kappa shape index (κ1) is 13.0. The first-order valence-electron chi connectivity index (χ1n) is 6.03. The Labute approximate surface area is 111 Å². The van der Waals surface area contributed by atoms with E-state index in [0.29, 0.717) is 19.6 Å². The second-order valence-electron chi connectivity index (χ2n) is 3.95. The lowest BCUT2D eigenvalue weighted by molar-refractivity contribution is 0.147. The van der Waals surface area contributed by atoms with Crippen LogP contribution in [0.4, 0.5) is 4.79 Å². The zero-order chi connectivity index (χ0) is 13.3. The summed E-state index contributed by atoms with van der Waals surface area (Å²) in [6, 6.07) is 7.49. The number of rotatable bonds is 5. The van der Waals surface area contributed by atoms with E-state index in [2.05, 4.69) is 15.3 Å². The Morgan fingerprint density at radius 2 is 1.58 bits per heavy atom. The van der Waals surface area contributed by atoms with Crippen molar-refractivity contribution in [3.63, 3.8) is 0 Å². The number of nitrogens with zero attached hydrogens (tertiary/aromatic N) is 2. The Hall–Kier alpha value is -2.43. The van der Waals surface area contributed by atoms with Gasteiger partial charge < -0.3 is 10.1 Å². The minimum atomic E-state index is -0.411. The number of alkyl carbamates (subject to hydrolysis) is 1. The molecule has 0 aromatic carbocycles. The van der Waals surface area contributed by atoms with Crippen LogP contribution < -0.4 is 5.32 Å². The summed E-state index contributed by atoms with van der Waals surface area (Å²) >= 11 is 0. The van der Waals surface area contributed by atoms with Gasteiger partial charge in [-0.2, -0.15) is 0 Å². The third-order valence-corrected chi connectivity index (χ3v) is 2.56. The monoisotopic (exact) mass is 257 g/mol. The summed E-state index contributed by atoms with van der Waals surface area (Å²) in [5, 5.41) is 2.68. The molecule has 5 heteroatoms. The van der Waals surface area contributed by atoms with Crippen LogP contribution >= 0.6 is 0 Å². The minimum Gasteiger partial charge on any atom is -0.449 e. The Morgan fingerprint density at radius 3 is 2.21 bits per heavy atom. The summed E-state index contributed by atoms with van der Waals surface area (Å²) < 4.78 is 5.08. The Balaban J connectivity index is 1.65. The minimum absolute atomic E-state index is 0.353. The average Bonchev–Trinajstić information content (AvgIpc) is 2.47. The van der Waals surface area contributed by atoms with Gasteiger partial charge in [0, 0.05) is 37.8 Å². The highest BCUT2D eigenvalue weighted by Gasteiger charge is 2.01. The predicted molar refractivity (Wildman–Crippen MR) is 70.4 cm³/mol. The molecular formula is C14H15N3O2. The highest BCUT2D eigenvalue weighted by atomic mass is 16.5. The Bertz CT molecular complexity index is 503. The number of hydrogen-bond acceptors (Lipinski definition) is 4. The SMILES string of the molecule is O=C(NCc1ccncc1)OCCc1ccncc1. The molecule has 0 bridgehead atoms. The lowest BCUT2D eigenvalue weighted by Crippen LogP contribution is -2.24. The fourth-order valence-corrected chi connectivity index (χ4v) is 1.54. The van der Waals surface area contributed by atoms with Gasteiger partial charge in [-0.1, -0.05) is 0 Å². The van der Waals surface area contributed by atoms with Gasteiger partial charge in [-0.25, -0.2) is 4.79 Å². The van der Waals surface area contributed by atoms with E-state index in [-0.39, 0.29) is 0 Å². The van der Waals surface area contributed by atoms with Crippen LogP contribution in [0.5, 0.6) is 0 Å². The van der Waals surface area contributed by atoms with E-state index >= 15 is 0 Å². The molecule has 0 spiro atoms. The van der Waals surface area contributed by atoms with Crippen LogP contribution in [0.1, 0.15) is 11.1 Å². The third kappa shape index (κ3) is 4.75. The normalized spacial score (nSPS) is 9.89. The Kier molecular flexibility index (Phi) is 4.87. The number of pyridine rings is 2. The van der Waals surface area contributed by atoms with Crippen molar-refractivity contribution in [1.82, 2.24) is 15.3 Å². The summed E-state index contributed by atoms with van der Waals surface area (Å²) in [5.74, 6) is 0.